The lowest BCUT2D eigenvalue weighted by molar-refractivity contribution is 0.915. The lowest BCUT2D eigenvalue weighted by Crippen LogP contribution is -1.97. The largest absolute Gasteiger partial charge is 0.0622 e. The lowest BCUT2D eigenvalue weighted by Gasteiger charge is -2.13. The van der Waals surface area contributed by atoms with Crippen molar-refractivity contribution >= 4 is 22.6 Å². The van der Waals surface area contributed by atoms with E-state index in [0.717, 1.165) is 0 Å². The van der Waals surface area contributed by atoms with Gasteiger partial charge in [-0.05, 0) is 39.8 Å². The monoisotopic (exact) mass is 308 g/mol. The van der Waals surface area contributed by atoms with E-state index in [-0.39, 0.29) is 0 Å². The molecule has 0 saturated carbocycles. The normalized spacial score (nSPS) is 12.4. The quantitative estimate of drug-likeness (QED) is 0.719. The summed E-state index contributed by atoms with van der Waals surface area (Å²) in [7, 11) is 0. The molecule has 0 fully saturated rings. The van der Waals surface area contributed by atoms with Gasteiger partial charge in [0.2, 0.25) is 0 Å². The summed E-state index contributed by atoms with van der Waals surface area (Å²) < 4.78 is 1.34. The first-order valence-corrected chi connectivity index (χ1v) is 6.16. The molecule has 0 bridgehead atoms. The molecule has 0 aliphatic heterocycles. The smallest absolute Gasteiger partial charge is 0.0168 e. The van der Waals surface area contributed by atoms with E-state index in [4.69, 9.17) is 0 Å². The highest BCUT2D eigenvalue weighted by Gasteiger charge is 2.09. The molecule has 2 rings (SSSR count). The van der Waals surface area contributed by atoms with Crippen LogP contribution >= 0.6 is 22.6 Å². The highest BCUT2D eigenvalue weighted by atomic mass is 127. The van der Waals surface area contributed by atoms with Crippen molar-refractivity contribution < 1.29 is 0 Å². The summed E-state index contributed by atoms with van der Waals surface area (Å²) in [4.78, 5) is 0. The maximum atomic E-state index is 2.40. The molecule has 1 atom stereocenters. The Bertz CT molecular complexity index is 434. The van der Waals surface area contributed by atoms with Crippen LogP contribution in [0.2, 0.25) is 0 Å². The van der Waals surface area contributed by atoms with Gasteiger partial charge in [-0.1, -0.05) is 55.5 Å². The Morgan fingerprint density at radius 2 is 1.47 bits per heavy atom. The van der Waals surface area contributed by atoms with Crippen LogP contribution in [-0.4, -0.2) is 0 Å². The molecule has 0 radical (unpaired) electrons. The minimum Gasteiger partial charge on any atom is -0.0622 e. The zero-order valence-electron chi connectivity index (χ0n) is 8.65. The van der Waals surface area contributed by atoms with Crippen molar-refractivity contribution in [3.8, 4) is 0 Å². The Hall–Kier alpha value is -0.830. The second-order valence-corrected chi connectivity index (χ2v) is 4.82. The van der Waals surface area contributed by atoms with Gasteiger partial charge in [0.05, 0.1) is 0 Å². The van der Waals surface area contributed by atoms with Gasteiger partial charge in [-0.25, -0.2) is 0 Å². The Labute approximate surface area is 104 Å². The van der Waals surface area contributed by atoms with Crippen LogP contribution in [0.4, 0.5) is 0 Å². The number of hydrogen-bond acceptors (Lipinski definition) is 0. The van der Waals surface area contributed by atoms with Crippen LogP contribution in [0.1, 0.15) is 24.0 Å². The van der Waals surface area contributed by atoms with E-state index in [9.17, 15) is 0 Å². The molecule has 76 valence electrons. The first-order valence-electron chi connectivity index (χ1n) is 5.08. The topological polar surface area (TPSA) is 0 Å². The van der Waals surface area contributed by atoms with E-state index < -0.39 is 0 Å². The fraction of sp³-hybridized carbons (Fsp3) is 0.143. The highest BCUT2D eigenvalue weighted by molar-refractivity contribution is 14.1. The predicted molar refractivity (Wildman–Crippen MR) is 73.1 cm³/mol. The summed E-state index contributed by atoms with van der Waals surface area (Å²) in [5.41, 5.74) is 2.78. The zero-order valence-corrected chi connectivity index (χ0v) is 10.8. The molecule has 0 nitrogen and oxygen atoms in total. The van der Waals surface area contributed by atoms with E-state index in [1.54, 1.807) is 0 Å². The van der Waals surface area contributed by atoms with Crippen molar-refractivity contribution in [1.82, 2.24) is 0 Å². The van der Waals surface area contributed by atoms with E-state index in [2.05, 4.69) is 84.1 Å². The minimum absolute atomic E-state index is 0.472. The van der Waals surface area contributed by atoms with E-state index in [1.165, 1.54) is 14.7 Å². The number of benzene rings is 2. The molecular formula is C14H13I. The number of halogens is 1. The molecule has 15 heavy (non-hydrogen) atoms. The number of hydrogen-bond donors (Lipinski definition) is 0. The summed E-state index contributed by atoms with van der Waals surface area (Å²) in [5, 5.41) is 0. The van der Waals surface area contributed by atoms with Gasteiger partial charge >= 0.3 is 0 Å². The summed E-state index contributed by atoms with van der Waals surface area (Å²) in [5.74, 6) is 0.472. The molecule has 1 heteroatoms. The second-order valence-electron chi connectivity index (χ2n) is 3.65. The summed E-state index contributed by atoms with van der Waals surface area (Å²) in [6.07, 6.45) is 0. The van der Waals surface area contributed by atoms with Gasteiger partial charge in [0.1, 0.15) is 0 Å². The third kappa shape index (κ3) is 2.40. The van der Waals surface area contributed by atoms with E-state index in [1.807, 2.05) is 0 Å². The third-order valence-electron chi connectivity index (χ3n) is 2.67. The summed E-state index contributed by atoms with van der Waals surface area (Å²) >= 11 is 2.40. The maximum Gasteiger partial charge on any atom is 0.0168 e. The summed E-state index contributed by atoms with van der Waals surface area (Å²) in [6.45, 7) is 2.26. The average Bonchev–Trinajstić information content (AvgIpc) is 2.30. The van der Waals surface area contributed by atoms with Gasteiger partial charge in [0.15, 0.2) is 0 Å². The SMILES string of the molecule is CC(c1ccccc1)c1ccccc1I. The summed E-state index contributed by atoms with van der Waals surface area (Å²) in [6, 6.07) is 19.2. The molecule has 0 saturated heterocycles. The van der Waals surface area contributed by atoms with Gasteiger partial charge in [0, 0.05) is 9.49 Å². The van der Waals surface area contributed by atoms with Gasteiger partial charge in [-0.15, -0.1) is 0 Å². The van der Waals surface area contributed by atoms with Crippen molar-refractivity contribution in [1.29, 1.82) is 0 Å². The standard InChI is InChI=1S/C14H13I/c1-11(12-7-3-2-4-8-12)13-9-5-6-10-14(13)15/h2-11H,1H3. The van der Waals surface area contributed by atoms with Crippen molar-refractivity contribution in [2.45, 2.75) is 12.8 Å². The molecule has 0 spiro atoms. The van der Waals surface area contributed by atoms with Crippen LogP contribution < -0.4 is 0 Å². The fourth-order valence-corrected chi connectivity index (χ4v) is 2.60. The van der Waals surface area contributed by atoms with E-state index >= 15 is 0 Å². The van der Waals surface area contributed by atoms with Crippen LogP contribution in [0.25, 0.3) is 0 Å². The molecule has 0 N–H and O–H groups in total. The molecule has 2 aromatic rings. The molecule has 0 aromatic heterocycles. The van der Waals surface area contributed by atoms with Crippen molar-refractivity contribution in [3.63, 3.8) is 0 Å². The molecule has 0 heterocycles. The Balaban J connectivity index is 2.37. The maximum absolute atomic E-state index is 2.40. The molecule has 0 aliphatic rings. The van der Waals surface area contributed by atoms with Crippen LogP contribution in [0.15, 0.2) is 54.6 Å². The first kappa shape index (κ1) is 10.7. The Morgan fingerprint density at radius 3 is 2.13 bits per heavy atom. The van der Waals surface area contributed by atoms with Crippen molar-refractivity contribution in [3.05, 3.63) is 69.3 Å². The second kappa shape index (κ2) is 4.79. The minimum atomic E-state index is 0.472. The third-order valence-corrected chi connectivity index (χ3v) is 3.65. The fourth-order valence-electron chi connectivity index (χ4n) is 1.75. The first-order chi connectivity index (χ1) is 7.29. The Kier molecular flexibility index (Phi) is 3.41. The molecule has 1 unspecified atom stereocenters. The molecule has 0 amide bonds. The highest BCUT2D eigenvalue weighted by Crippen LogP contribution is 2.27. The van der Waals surface area contributed by atoms with Crippen LogP contribution in [0.5, 0.6) is 0 Å². The predicted octanol–water partition coefficient (Wildman–Crippen LogP) is 4.44. The zero-order chi connectivity index (χ0) is 10.7. The van der Waals surface area contributed by atoms with Gasteiger partial charge in [-0.3, -0.25) is 0 Å². The van der Waals surface area contributed by atoms with Crippen LogP contribution in [-0.2, 0) is 0 Å². The van der Waals surface area contributed by atoms with Gasteiger partial charge < -0.3 is 0 Å². The van der Waals surface area contributed by atoms with Crippen molar-refractivity contribution in [2.75, 3.05) is 0 Å². The number of rotatable bonds is 2. The van der Waals surface area contributed by atoms with Crippen LogP contribution in [0.3, 0.4) is 0 Å². The molecular weight excluding hydrogens is 295 g/mol. The lowest BCUT2D eigenvalue weighted by atomic mass is 9.93. The average molecular weight is 308 g/mol. The van der Waals surface area contributed by atoms with Crippen LogP contribution in [0, 0.1) is 3.57 Å². The Morgan fingerprint density at radius 1 is 0.867 bits per heavy atom. The van der Waals surface area contributed by atoms with Gasteiger partial charge in [0.25, 0.3) is 0 Å². The molecule has 0 aliphatic carbocycles. The van der Waals surface area contributed by atoms with E-state index in [0.29, 0.717) is 5.92 Å². The molecule has 2 aromatic carbocycles. The van der Waals surface area contributed by atoms with Crippen molar-refractivity contribution in [2.24, 2.45) is 0 Å². The van der Waals surface area contributed by atoms with Gasteiger partial charge in [-0.2, -0.15) is 0 Å².